The van der Waals surface area contributed by atoms with Gasteiger partial charge in [-0.05, 0) is 36.5 Å². The quantitative estimate of drug-likeness (QED) is 0.131. The second-order valence-corrected chi connectivity index (χ2v) is 16.6. The Kier molecular flexibility index (Phi) is 10.7. The molecule has 4 aromatic rings. The molecule has 1 saturated heterocycles. The molecule has 7 nitrogen and oxygen atoms in total. The SMILES string of the molecule is CC[Si](CC)(CC)O[C@H](CCc1nc(-c2ccccc2)c(-c2ccccc2)o1)[C@@H](C)C(=O)N1C(=O)OC[C@@H]1Cc1ccccc1. The predicted molar refractivity (Wildman–Crippen MR) is 179 cm³/mol. The number of cyclic esters (lactones) is 1. The second-order valence-electron chi connectivity index (χ2n) is 11.9. The van der Waals surface area contributed by atoms with Crippen molar-refractivity contribution in [1.29, 1.82) is 0 Å². The maximum absolute atomic E-state index is 14.1. The van der Waals surface area contributed by atoms with E-state index in [-0.39, 0.29) is 18.6 Å². The Labute approximate surface area is 267 Å². The lowest BCUT2D eigenvalue weighted by Gasteiger charge is -2.36. The van der Waals surface area contributed by atoms with E-state index in [0.29, 0.717) is 25.2 Å². The third kappa shape index (κ3) is 7.45. The number of amides is 2. The molecule has 45 heavy (non-hydrogen) atoms. The third-order valence-corrected chi connectivity index (χ3v) is 13.9. The summed E-state index contributed by atoms with van der Waals surface area (Å²) in [6.45, 7) is 8.63. The van der Waals surface area contributed by atoms with Gasteiger partial charge in [-0.3, -0.25) is 4.79 Å². The monoisotopic (exact) mass is 624 g/mol. The Balaban J connectivity index is 1.41. The fourth-order valence-electron chi connectivity index (χ4n) is 6.19. The fraction of sp³-hybridized carbons (Fsp3) is 0.378. The molecule has 3 aromatic carbocycles. The molecule has 1 aliphatic rings. The lowest BCUT2D eigenvalue weighted by Crippen LogP contribution is -2.49. The summed E-state index contributed by atoms with van der Waals surface area (Å²) < 4.78 is 18.8. The van der Waals surface area contributed by atoms with Crippen molar-refractivity contribution in [3.05, 3.63) is 102 Å². The Morgan fingerprint density at radius 2 is 1.49 bits per heavy atom. The Morgan fingerprint density at radius 3 is 2.09 bits per heavy atom. The predicted octanol–water partition coefficient (Wildman–Crippen LogP) is 8.56. The van der Waals surface area contributed by atoms with Crippen molar-refractivity contribution in [1.82, 2.24) is 9.88 Å². The first kappa shape index (κ1) is 32.4. The molecule has 236 valence electrons. The normalized spacial score (nSPS) is 16.4. The van der Waals surface area contributed by atoms with E-state index in [9.17, 15) is 9.59 Å². The van der Waals surface area contributed by atoms with Crippen molar-refractivity contribution in [2.45, 2.75) is 77.2 Å². The average Bonchev–Trinajstić information content (AvgIpc) is 3.69. The highest BCUT2D eigenvalue weighted by molar-refractivity contribution is 6.73. The van der Waals surface area contributed by atoms with Gasteiger partial charge in [0.15, 0.2) is 20.0 Å². The zero-order valence-corrected chi connectivity index (χ0v) is 27.8. The van der Waals surface area contributed by atoms with Crippen LogP contribution in [0.15, 0.2) is 95.4 Å². The molecule has 0 unspecified atom stereocenters. The zero-order valence-electron chi connectivity index (χ0n) is 26.8. The van der Waals surface area contributed by atoms with Crippen molar-refractivity contribution < 1.29 is 23.2 Å². The number of benzene rings is 3. The second kappa shape index (κ2) is 14.8. The highest BCUT2D eigenvalue weighted by atomic mass is 28.4. The average molecular weight is 625 g/mol. The molecule has 8 heteroatoms. The molecule has 2 amide bonds. The molecule has 5 rings (SSSR count). The summed E-state index contributed by atoms with van der Waals surface area (Å²) in [5, 5.41) is 0. The van der Waals surface area contributed by atoms with Crippen LogP contribution >= 0.6 is 0 Å². The first-order valence-corrected chi connectivity index (χ1v) is 18.7. The molecule has 0 spiro atoms. The van der Waals surface area contributed by atoms with Crippen molar-refractivity contribution in [3.63, 3.8) is 0 Å². The maximum atomic E-state index is 14.1. The number of rotatable bonds is 14. The molecule has 0 saturated carbocycles. The van der Waals surface area contributed by atoms with Gasteiger partial charge < -0.3 is 13.6 Å². The summed E-state index contributed by atoms with van der Waals surface area (Å²) in [5.41, 5.74) is 3.79. The van der Waals surface area contributed by atoms with E-state index in [4.69, 9.17) is 18.6 Å². The highest BCUT2D eigenvalue weighted by Gasteiger charge is 2.43. The van der Waals surface area contributed by atoms with E-state index < -0.39 is 26.4 Å². The van der Waals surface area contributed by atoms with Crippen LogP contribution in [-0.4, -0.2) is 49.0 Å². The number of carbonyl (C=O) groups excluding carboxylic acids is 2. The smallest absolute Gasteiger partial charge is 0.416 e. The van der Waals surface area contributed by atoms with E-state index >= 15 is 0 Å². The minimum absolute atomic E-state index is 0.191. The van der Waals surface area contributed by atoms with E-state index in [1.165, 1.54) is 4.90 Å². The third-order valence-electron chi connectivity index (χ3n) is 9.19. The van der Waals surface area contributed by atoms with Crippen LogP contribution in [0, 0.1) is 5.92 Å². The standard InChI is InChI=1S/C37H44N2O5Si/c1-5-45(6-2,7-3)44-32(27(4)36(40)39-31(26-42-37(39)41)25-28-17-11-8-12-18-28)23-24-33-38-34(29-19-13-9-14-20-29)35(43-33)30-21-15-10-16-22-30/h8-22,27,31-32H,5-7,23-26H2,1-4H3/t27-,31+,32-/m1/s1. The molecule has 3 atom stereocenters. The lowest BCUT2D eigenvalue weighted by molar-refractivity contribution is -0.136. The van der Waals surface area contributed by atoms with Gasteiger partial charge in [0, 0.05) is 17.5 Å². The van der Waals surface area contributed by atoms with Crippen molar-refractivity contribution in [2.24, 2.45) is 5.92 Å². The van der Waals surface area contributed by atoms with Gasteiger partial charge in [0.1, 0.15) is 12.3 Å². The molecule has 1 fully saturated rings. The van der Waals surface area contributed by atoms with E-state index in [2.05, 4.69) is 20.8 Å². The number of ether oxygens (including phenoxy) is 1. The molecule has 0 aliphatic carbocycles. The van der Waals surface area contributed by atoms with Gasteiger partial charge in [-0.2, -0.15) is 0 Å². The summed E-state index contributed by atoms with van der Waals surface area (Å²) in [6.07, 6.45) is 0.603. The van der Waals surface area contributed by atoms with Crippen LogP contribution in [0.4, 0.5) is 4.79 Å². The number of imide groups is 1. The fourth-order valence-corrected chi connectivity index (χ4v) is 9.16. The minimum Gasteiger partial charge on any atom is -0.447 e. The Hall–Kier alpha value is -4.01. The van der Waals surface area contributed by atoms with Crippen LogP contribution in [-0.2, 0) is 26.8 Å². The summed E-state index contributed by atoms with van der Waals surface area (Å²) in [6, 6.07) is 32.4. The maximum Gasteiger partial charge on any atom is 0.416 e. The molecule has 1 aliphatic heterocycles. The van der Waals surface area contributed by atoms with Crippen molar-refractivity contribution >= 4 is 20.3 Å². The summed E-state index contributed by atoms with van der Waals surface area (Å²) in [5.74, 6) is 0.515. The zero-order chi connectivity index (χ0) is 31.8. The molecular formula is C37H44N2O5Si. The summed E-state index contributed by atoms with van der Waals surface area (Å²) >= 11 is 0. The number of hydrogen-bond acceptors (Lipinski definition) is 6. The number of carbonyl (C=O) groups is 2. The largest absolute Gasteiger partial charge is 0.447 e. The highest BCUT2D eigenvalue weighted by Crippen LogP contribution is 2.34. The van der Waals surface area contributed by atoms with Gasteiger partial charge in [0.05, 0.1) is 18.1 Å². The molecule has 1 aromatic heterocycles. The van der Waals surface area contributed by atoms with E-state index in [0.717, 1.165) is 46.3 Å². The molecule has 0 N–H and O–H groups in total. The van der Waals surface area contributed by atoms with E-state index in [1.807, 2.05) is 97.9 Å². The van der Waals surface area contributed by atoms with Gasteiger partial charge in [-0.15, -0.1) is 0 Å². The van der Waals surface area contributed by atoms with Crippen molar-refractivity contribution in [2.75, 3.05) is 6.61 Å². The number of aromatic nitrogens is 1. The molecule has 0 radical (unpaired) electrons. The lowest BCUT2D eigenvalue weighted by atomic mass is 9.97. The Morgan fingerprint density at radius 1 is 0.911 bits per heavy atom. The van der Waals surface area contributed by atoms with Crippen LogP contribution in [0.2, 0.25) is 18.1 Å². The summed E-state index contributed by atoms with van der Waals surface area (Å²) in [4.78, 5) is 33.3. The minimum atomic E-state index is -2.11. The number of nitrogens with zero attached hydrogens (tertiary/aromatic N) is 2. The van der Waals surface area contributed by atoms with Gasteiger partial charge in [-0.25, -0.2) is 14.7 Å². The van der Waals surface area contributed by atoms with Gasteiger partial charge in [-0.1, -0.05) is 119 Å². The number of oxazole rings is 1. The van der Waals surface area contributed by atoms with Crippen LogP contribution in [0.1, 0.15) is 45.6 Å². The van der Waals surface area contributed by atoms with Gasteiger partial charge >= 0.3 is 6.09 Å². The first-order valence-electron chi connectivity index (χ1n) is 16.2. The van der Waals surface area contributed by atoms with Crippen LogP contribution in [0.25, 0.3) is 22.6 Å². The van der Waals surface area contributed by atoms with Crippen molar-refractivity contribution in [3.8, 4) is 22.6 Å². The number of aryl methyl sites for hydroxylation is 1. The van der Waals surface area contributed by atoms with Crippen LogP contribution < -0.4 is 0 Å². The summed E-state index contributed by atoms with van der Waals surface area (Å²) in [7, 11) is -2.11. The van der Waals surface area contributed by atoms with Crippen LogP contribution in [0.3, 0.4) is 0 Å². The Bertz CT molecular complexity index is 1470. The van der Waals surface area contributed by atoms with E-state index in [1.54, 1.807) is 0 Å². The van der Waals surface area contributed by atoms with Crippen LogP contribution in [0.5, 0.6) is 0 Å². The van der Waals surface area contributed by atoms with Gasteiger partial charge in [0.25, 0.3) is 0 Å². The molecule has 0 bridgehead atoms. The molecule has 2 heterocycles. The number of hydrogen-bond donors (Lipinski definition) is 0. The topological polar surface area (TPSA) is 81.9 Å². The molecular weight excluding hydrogens is 581 g/mol. The first-order chi connectivity index (χ1) is 21.9. The van der Waals surface area contributed by atoms with Gasteiger partial charge in [0.2, 0.25) is 5.91 Å².